The molecule has 0 aromatic carbocycles. The zero-order valence-corrected chi connectivity index (χ0v) is 12.2. The molecule has 0 rings (SSSR count). The summed E-state index contributed by atoms with van der Waals surface area (Å²) in [4.78, 5) is 22.8. The molecule has 0 aliphatic rings. The van der Waals surface area contributed by atoms with Gasteiger partial charge in [-0.3, -0.25) is 9.59 Å². The van der Waals surface area contributed by atoms with Gasteiger partial charge in [-0.2, -0.15) is 0 Å². The van der Waals surface area contributed by atoms with E-state index in [4.69, 9.17) is 5.11 Å². The summed E-state index contributed by atoms with van der Waals surface area (Å²) in [5.74, 6) is -0.975. The molecular weight excluding hydrogens is 238 g/mol. The van der Waals surface area contributed by atoms with E-state index in [0.29, 0.717) is 0 Å². The summed E-state index contributed by atoms with van der Waals surface area (Å²) in [6.45, 7) is 11.1. The van der Waals surface area contributed by atoms with Crippen molar-refractivity contribution in [3.63, 3.8) is 0 Å². The van der Waals surface area contributed by atoms with Gasteiger partial charge in [0.25, 0.3) is 0 Å². The Labute approximate surface area is 108 Å². The Morgan fingerprint density at radius 3 is 1.94 bits per heavy atom. The standard InChI is InChI=1S/C12H23NO3S/c1-7(2)9(11(15)16)17-8(3)10(14)13-12(4,5)6/h7-9H,1-6H3,(H,13,14)(H,15,16). The average molecular weight is 261 g/mol. The molecule has 0 saturated heterocycles. The highest BCUT2D eigenvalue weighted by atomic mass is 32.2. The van der Waals surface area contributed by atoms with Gasteiger partial charge < -0.3 is 10.4 Å². The fourth-order valence-electron chi connectivity index (χ4n) is 1.25. The first-order valence-corrected chi connectivity index (χ1v) is 6.69. The van der Waals surface area contributed by atoms with Crippen LogP contribution in [0.25, 0.3) is 0 Å². The van der Waals surface area contributed by atoms with E-state index in [2.05, 4.69) is 5.32 Å². The van der Waals surface area contributed by atoms with Gasteiger partial charge in [-0.15, -0.1) is 11.8 Å². The van der Waals surface area contributed by atoms with Crippen molar-refractivity contribution in [2.75, 3.05) is 0 Å². The van der Waals surface area contributed by atoms with Crippen molar-refractivity contribution >= 4 is 23.6 Å². The maximum atomic E-state index is 11.8. The molecule has 2 unspecified atom stereocenters. The van der Waals surface area contributed by atoms with Crippen LogP contribution in [0.3, 0.4) is 0 Å². The topological polar surface area (TPSA) is 66.4 Å². The van der Waals surface area contributed by atoms with Gasteiger partial charge in [0, 0.05) is 5.54 Å². The molecule has 0 aliphatic heterocycles. The molecule has 0 bridgehead atoms. The number of carboxylic acids is 1. The van der Waals surface area contributed by atoms with Gasteiger partial charge >= 0.3 is 5.97 Å². The summed E-state index contributed by atoms with van der Waals surface area (Å²) in [6.07, 6.45) is 0. The number of thioether (sulfide) groups is 1. The molecule has 0 fully saturated rings. The van der Waals surface area contributed by atoms with Crippen LogP contribution < -0.4 is 5.32 Å². The van der Waals surface area contributed by atoms with Gasteiger partial charge in [0.15, 0.2) is 0 Å². The highest BCUT2D eigenvalue weighted by molar-refractivity contribution is 8.01. The van der Waals surface area contributed by atoms with E-state index in [1.807, 2.05) is 34.6 Å². The van der Waals surface area contributed by atoms with Gasteiger partial charge in [-0.25, -0.2) is 0 Å². The van der Waals surface area contributed by atoms with Crippen molar-refractivity contribution in [2.24, 2.45) is 5.92 Å². The summed E-state index contributed by atoms with van der Waals surface area (Å²) in [7, 11) is 0. The molecule has 17 heavy (non-hydrogen) atoms. The van der Waals surface area contributed by atoms with Crippen LogP contribution in [0.1, 0.15) is 41.5 Å². The first-order valence-electron chi connectivity index (χ1n) is 5.75. The maximum Gasteiger partial charge on any atom is 0.316 e. The zero-order valence-electron chi connectivity index (χ0n) is 11.4. The molecule has 0 spiro atoms. The Bertz CT molecular complexity index is 284. The third-order valence-corrected chi connectivity index (χ3v) is 3.73. The van der Waals surface area contributed by atoms with E-state index in [-0.39, 0.29) is 22.6 Å². The minimum absolute atomic E-state index is 0.00221. The van der Waals surface area contributed by atoms with Crippen LogP contribution in [0.2, 0.25) is 0 Å². The van der Waals surface area contributed by atoms with Crippen LogP contribution in [0, 0.1) is 5.92 Å². The second-order valence-corrected chi connectivity index (χ2v) is 7.01. The predicted octanol–water partition coefficient (Wildman–Crippen LogP) is 2.13. The molecule has 4 nitrogen and oxygen atoms in total. The number of nitrogens with one attached hydrogen (secondary N) is 1. The van der Waals surface area contributed by atoms with E-state index in [0.717, 1.165) is 0 Å². The molecule has 1 amide bonds. The number of aliphatic carboxylic acids is 1. The van der Waals surface area contributed by atoms with Crippen LogP contribution in [0.15, 0.2) is 0 Å². The lowest BCUT2D eigenvalue weighted by molar-refractivity contribution is -0.137. The molecule has 0 aromatic rings. The lowest BCUT2D eigenvalue weighted by Crippen LogP contribution is -2.45. The predicted molar refractivity (Wildman–Crippen MR) is 71.2 cm³/mol. The number of carbonyl (C=O) groups is 2. The maximum absolute atomic E-state index is 11.8. The largest absolute Gasteiger partial charge is 0.480 e. The summed E-state index contributed by atoms with van der Waals surface area (Å²) in [5, 5.41) is 11.0. The molecule has 0 saturated carbocycles. The summed E-state index contributed by atoms with van der Waals surface area (Å²) in [5.41, 5.74) is -0.289. The lowest BCUT2D eigenvalue weighted by Gasteiger charge is -2.25. The van der Waals surface area contributed by atoms with Crippen molar-refractivity contribution in [3.8, 4) is 0 Å². The monoisotopic (exact) mass is 261 g/mol. The summed E-state index contributed by atoms with van der Waals surface area (Å²) < 4.78 is 0. The van der Waals surface area contributed by atoms with Crippen LogP contribution in [0.5, 0.6) is 0 Å². The van der Waals surface area contributed by atoms with Gasteiger partial charge in [0.1, 0.15) is 5.25 Å². The van der Waals surface area contributed by atoms with E-state index in [9.17, 15) is 9.59 Å². The number of carbonyl (C=O) groups excluding carboxylic acids is 1. The molecular formula is C12H23NO3S. The van der Waals surface area contributed by atoms with E-state index < -0.39 is 11.2 Å². The van der Waals surface area contributed by atoms with E-state index in [1.54, 1.807) is 6.92 Å². The zero-order chi connectivity index (χ0) is 13.8. The number of carboxylic acid groups (broad SMARTS) is 1. The molecule has 0 heterocycles. The number of hydrogen-bond acceptors (Lipinski definition) is 3. The van der Waals surface area contributed by atoms with Crippen molar-refractivity contribution in [1.29, 1.82) is 0 Å². The van der Waals surface area contributed by atoms with Crippen molar-refractivity contribution in [1.82, 2.24) is 5.32 Å². The Morgan fingerprint density at radius 2 is 1.65 bits per heavy atom. The molecule has 2 N–H and O–H groups in total. The van der Waals surface area contributed by atoms with Crippen LogP contribution in [-0.2, 0) is 9.59 Å². The first-order chi connectivity index (χ1) is 7.54. The third kappa shape index (κ3) is 6.56. The second-order valence-electron chi connectivity index (χ2n) is 5.52. The number of rotatable bonds is 5. The fourth-order valence-corrected chi connectivity index (χ4v) is 2.31. The quantitative estimate of drug-likeness (QED) is 0.795. The number of amides is 1. The van der Waals surface area contributed by atoms with E-state index in [1.165, 1.54) is 11.8 Å². The van der Waals surface area contributed by atoms with Crippen LogP contribution >= 0.6 is 11.8 Å². The Kier molecular flexibility index (Phi) is 6.02. The number of hydrogen-bond donors (Lipinski definition) is 2. The van der Waals surface area contributed by atoms with Crippen LogP contribution in [-0.4, -0.2) is 33.0 Å². The van der Waals surface area contributed by atoms with E-state index >= 15 is 0 Å². The lowest BCUT2D eigenvalue weighted by atomic mass is 10.1. The van der Waals surface area contributed by atoms with Crippen LogP contribution in [0.4, 0.5) is 0 Å². The van der Waals surface area contributed by atoms with Crippen molar-refractivity contribution in [2.45, 2.75) is 57.6 Å². The molecule has 0 radical (unpaired) electrons. The SMILES string of the molecule is CC(SC(C(=O)O)C(C)C)C(=O)NC(C)(C)C. The van der Waals surface area contributed by atoms with Gasteiger partial charge in [0.2, 0.25) is 5.91 Å². The smallest absolute Gasteiger partial charge is 0.316 e. The first kappa shape index (κ1) is 16.3. The molecule has 0 aromatic heterocycles. The third-order valence-electron chi connectivity index (χ3n) is 2.07. The van der Waals surface area contributed by atoms with Gasteiger partial charge in [-0.1, -0.05) is 13.8 Å². The molecule has 2 atom stereocenters. The van der Waals surface area contributed by atoms with Gasteiger partial charge in [-0.05, 0) is 33.6 Å². The molecule has 5 heteroatoms. The highest BCUT2D eigenvalue weighted by Gasteiger charge is 2.28. The Balaban J connectivity index is 4.46. The molecule has 100 valence electrons. The fraction of sp³-hybridized carbons (Fsp3) is 0.833. The minimum Gasteiger partial charge on any atom is -0.480 e. The minimum atomic E-state index is -0.861. The normalized spacial score (nSPS) is 15.5. The Hall–Kier alpha value is -0.710. The highest BCUT2D eigenvalue weighted by Crippen LogP contribution is 2.24. The Morgan fingerprint density at radius 1 is 1.18 bits per heavy atom. The summed E-state index contributed by atoms with van der Waals surface area (Å²) in [6, 6.07) is 0. The average Bonchev–Trinajstić information content (AvgIpc) is 2.09. The second kappa shape index (κ2) is 6.28. The van der Waals surface area contributed by atoms with Crippen molar-refractivity contribution in [3.05, 3.63) is 0 Å². The molecule has 0 aliphatic carbocycles. The summed E-state index contributed by atoms with van der Waals surface area (Å²) >= 11 is 1.20. The van der Waals surface area contributed by atoms with Gasteiger partial charge in [0.05, 0.1) is 5.25 Å². The van der Waals surface area contributed by atoms with Crippen molar-refractivity contribution < 1.29 is 14.7 Å².